The van der Waals surface area contributed by atoms with Crippen LogP contribution in [0.4, 0.5) is 0 Å². The first kappa shape index (κ1) is 14.9. The van der Waals surface area contributed by atoms with Crippen LogP contribution in [0, 0.1) is 5.92 Å². The lowest BCUT2D eigenvalue weighted by atomic mass is 9.90. The van der Waals surface area contributed by atoms with Crippen molar-refractivity contribution in [1.82, 2.24) is 4.90 Å². The summed E-state index contributed by atoms with van der Waals surface area (Å²) in [5, 5.41) is 0. The number of likely N-dealkylation sites (tertiary alicyclic amines) is 1. The normalized spacial score (nSPS) is 23.3. The van der Waals surface area contributed by atoms with E-state index in [1.807, 2.05) is 47.4 Å². The summed E-state index contributed by atoms with van der Waals surface area (Å²) in [4.78, 5) is 14.8. The van der Waals surface area contributed by atoms with Crippen LogP contribution in [0.25, 0.3) is 0 Å². The zero-order chi connectivity index (χ0) is 15.5. The SMILES string of the molecule is C[C@@H]1CCN(C(=O)[C@@H](N)c2ccccc2)[C@H](c2ccco2)C1. The molecule has 1 fully saturated rings. The lowest BCUT2D eigenvalue weighted by Crippen LogP contribution is -2.44. The highest BCUT2D eigenvalue weighted by molar-refractivity contribution is 5.83. The van der Waals surface area contributed by atoms with Gasteiger partial charge >= 0.3 is 0 Å². The number of hydrogen-bond donors (Lipinski definition) is 1. The molecule has 4 heteroatoms. The molecule has 3 atom stereocenters. The Morgan fingerprint density at radius 2 is 2.05 bits per heavy atom. The number of piperidine rings is 1. The number of carbonyl (C=O) groups excluding carboxylic acids is 1. The fraction of sp³-hybridized carbons (Fsp3) is 0.389. The molecule has 1 aromatic heterocycles. The van der Waals surface area contributed by atoms with E-state index in [1.54, 1.807) is 6.26 Å². The Balaban J connectivity index is 1.83. The molecule has 0 saturated carbocycles. The minimum Gasteiger partial charge on any atom is -0.467 e. The molecule has 0 spiro atoms. The van der Waals surface area contributed by atoms with Gasteiger partial charge in [-0.15, -0.1) is 0 Å². The third-order valence-electron chi connectivity index (χ3n) is 4.44. The van der Waals surface area contributed by atoms with Crippen molar-refractivity contribution >= 4 is 5.91 Å². The monoisotopic (exact) mass is 298 g/mol. The number of furan rings is 1. The van der Waals surface area contributed by atoms with Gasteiger partial charge in [-0.1, -0.05) is 37.3 Å². The molecule has 1 aliphatic heterocycles. The lowest BCUT2D eigenvalue weighted by Gasteiger charge is -2.38. The van der Waals surface area contributed by atoms with Gasteiger partial charge in [0.25, 0.3) is 0 Å². The van der Waals surface area contributed by atoms with Gasteiger partial charge in [0.05, 0.1) is 12.3 Å². The number of carbonyl (C=O) groups is 1. The van der Waals surface area contributed by atoms with Gasteiger partial charge in [-0.05, 0) is 36.5 Å². The number of nitrogens with zero attached hydrogens (tertiary/aromatic N) is 1. The Kier molecular flexibility index (Phi) is 4.29. The molecule has 1 aliphatic rings. The summed E-state index contributed by atoms with van der Waals surface area (Å²) >= 11 is 0. The van der Waals surface area contributed by atoms with E-state index in [-0.39, 0.29) is 11.9 Å². The van der Waals surface area contributed by atoms with Gasteiger partial charge in [0.1, 0.15) is 11.8 Å². The summed E-state index contributed by atoms with van der Waals surface area (Å²) in [5.41, 5.74) is 7.05. The number of rotatable bonds is 3. The van der Waals surface area contributed by atoms with Gasteiger partial charge in [-0.2, -0.15) is 0 Å². The third-order valence-corrected chi connectivity index (χ3v) is 4.44. The lowest BCUT2D eigenvalue weighted by molar-refractivity contribution is -0.137. The van der Waals surface area contributed by atoms with Crippen molar-refractivity contribution in [3.8, 4) is 0 Å². The summed E-state index contributed by atoms with van der Waals surface area (Å²) < 4.78 is 5.55. The fourth-order valence-corrected chi connectivity index (χ4v) is 3.14. The zero-order valence-corrected chi connectivity index (χ0v) is 12.8. The smallest absolute Gasteiger partial charge is 0.244 e. The van der Waals surface area contributed by atoms with Gasteiger partial charge < -0.3 is 15.1 Å². The van der Waals surface area contributed by atoms with Crippen molar-refractivity contribution in [1.29, 1.82) is 0 Å². The number of hydrogen-bond acceptors (Lipinski definition) is 3. The summed E-state index contributed by atoms with van der Waals surface area (Å²) in [6, 6.07) is 12.7. The minimum absolute atomic E-state index is 0.0130. The number of benzene rings is 1. The molecule has 0 aliphatic carbocycles. The van der Waals surface area contributed by atoms with Gasteiger partial charge in [0.2, 0.25) is 5.91 Å². The van der Waals surface area contributed by atoms with Crippen LogP contribution in [0.3, 0.4) is 0 Å². The first-order valence-electron chi connectivity index (χ1n) is 7.81. The predicted molar refractivity (Wildman–Crippen MR) is 84.9 cm³/mol. The molecule has 4 nitrogen and oxygen atoms in total. The molecule has 1 amide bonds. The first-order valence-corrected chi connectivity index (χ1v) is 7.81. The van der Waals surface area contributed by atoms with Crippen LogP contribution in [0.15, 0.2) is 53.1 Å². The van der Waals surface area contributed by atoms with Crippen molar-refractivity contribution < 1.29 is 9.21 Å². The number of amides is 1. The second-order valence-corrected chi connectivity index (χ2v) is 6.08. The van der Waals surface area contributed by atoms with E-state index in [0.29, 0.717) is 5.92 Å². The van der Waals surface area contributed by atoms with Gasteiger partial charge in [-0.25, -0.2) is 0 Å². The van der Waals surface area contributed by atoms with Crippen LogP contribution in [0.2, 0.25) is 0 Å². The van der Waals surface area contributed by atoms with Crippen LogP contribution < -0.4 is 5.73 Å². The largest absolute Gasteiger partial charge is 0.467 e. The molecule has 1 aromatic carbocycles. The predicted octanol–water partition coefficient (Wildman–Crippen LogP) is 3.28. The quantitative estimate of drug-likeness (QED) is 0.946. The highest BCUT2D eigenvalue weighted by Gasteiger charge is 2.35. The van der Waals surface area contributed by atoms with Gasteiger partial charge in [-0.3, -0.25) is 4.79 Å². The Morgan fingerprint density at radius 1 is 1.27 bits per heavy atom. The second kappa shape index (κ2) is 6.36. The molecule has 0 unspecified atom stereocenters. The topological polar surface area (TPSA) is 59.5 Å². The van der Waals surface area contributed by atoms with E-state index in [1.165, 1.54) is 0 Å². The first-order chi connectivity index (χ1) is 10.7. The highest BCUT2D eigenvalue weighted by Crippen LogP contribution is 2.35. The van der Waals surface area contributed by atoms with Crippen molar-refractivity contribution in [3.63, 3.8) is 0 Å². The van der Waals surface area contributed by atoms with Crippen LogP contribution in [0.5, 0.6) is 0 Å². The summed E-state index contributed by atoms with van der Waals surface area (Å²) in [6.07, 6.45) is 3.58. The maximum atomic E-state index is 12.9. The van der Waals surface area contributed by atoms with E-state index < -0.39 is 6.04 Å². The second-order valence-electron chi connectivity index (χ2n) is 6.08. The molecule has 1 saturated heterocycles. The fourth-order valence-electron chi connectivity index (χ4n) is 3.14. The van der Waals surface area contributed by atoms with E-state index in [2.05, 4.69) is 6.92 Å². The minimum atomic E-state index is -0.618. The van der Waals surface area contributed by atoms with Crippen molar-refractivity contribution in [2.24, 2.45) is 11.7 Å². The maximum absolute atomic E-state index is 12.9. The average molecular weight is 298 g/mol. The summed E-state index contributed by atoms with van der Waals surface area (Å²) in [6.45, 7) is 2.95. The average Bonchev–Trinajstić information content (AvgIpc) is 3.08. The molecule has 3 rings (SSSR count). The van der Waals surface area contributed by atoms with Crippen molar-refractivity contribution in [3.05, 3.63) is 60.1 Å². The molecule has 0 radical (unpaired) electrons. The van der Waals surface area contributed by atoms with E-state index >= 15 is 0 Å². The van der Waals surface area contributed by atoms with Gasteiger partial charge in [0, 0.05) is 6.54 Å². The van der Waals surface area contributed by atoms with Crippen molar-refractivity contribution in [2.45, 2.75) is 31.8 Å². The Labute approximate surface area is 130 Å². The standard InChI is InChI=1S/C18H22N2O2/c1-13-9-10-20(15(12-13)16-8-5-11-22-16)18(21)17(19)14-6-3-2-4-7-14/h2-8,11,13,15,17H,9-10,12,19H2,1H3/t13-,15+,17+/m1/s1. The molecule has 2 heterocycles. The Bertz CT molecular complexity index is 609. The molecule has 2 aromatic rings. The van der Waals surface area contributed by atoms with Crippen LogP contribution in [-0.4, -0.2) is 17.4 Å². The molecular weight excluding hydrogens is 276 g/mol. The number of nitrogens with two attached hydrogens (primary N) is 1. The molecule has 2 N–H and O–H groups in total. The summed E-state index contributed by atoms with van der Waals surface area (Å²) in [7, 11) is 0. The highest BCUT2D eigenvalue weighted by atomic mass is 16.3. The summed E-state index contributed by atoms with van der Waals surface area (Å²) in [5.74, 6) is 1.40. The Morgan fingerprint density at radius 3 is 2.73 bits per heavy atom. The molecule has 0 bridgehead atoms. The van der Waals surface area contributed by atoms with Crippen LogP contribution in [-0.2, 0) is 4.79 Å². The van der Waals surface area contributed by atoms with E-state index in [4.69, 9.17) is 10.2 Å². The Hall–Kier alpha value is -2.07. The van der Waals surface area contributed by atoms with Crippen LogP contribution >= 0.6 is 0 Å². The zero-order valence-electron chi connectivity index (χ0n) is 12.8. The van der Waals surface area contributed by atoms with Crippen LogP contribution in [0.1, 0.15) is 43.2 Å². The third kappa shape index (κ3) is 2.92. The molecular formula is C18H22N2O2. The maximum Gasteiger partial charge on any atom is 0.244 e. The molecule has 116 valence electrons. The van der Waals surface area contributed by atoms with E-state index in [0.717, 1.165) is 30.7 Å². The van der Waals surface area contributed by atoms with Gasteiger partial charge in [0.15, 0.2) is 0 Å². The molecule has 22 heavy (non-hydrogen) atoms. The van der Waals surface area contributed by atoms with E-state index in [9.17, 15) is 4.79 Å². The van der Waals surface area contributed by atoms with Crippen molar-refractivity contribution in [2.75, 3.05) is 6.54 Å².